The smallest absolute Gasteiger partial charge is 0.410 e. The molecule has 4 nitrogen and oxygen atoms in total. The molecule has 0 aromatic heterocycles. The van der Waals surface area contributed by atoms with Gasteiger partial charge in [0.15, 0.2) is 0 Å². The van der Waals surface area contributed by atoms with Gasteiger partial charge in [-0.25, -0.2) is 4.79 Å². The van der Waals surface area contributed by atoms with Crippen molar-refractivity contribution in [2.45, 2.75) is 31.8 Å². The zero-order chi connectivity index (χ0) is 13.3. The molecule has 1 aromatic rings. The standard InChI is InChI=1S/C15H20N2O2/c1-12-4-2-5-13(8-12)9-17-14(18)19-11-15(17)6-3-7-16-10-15/h2,4-5,8,16H,3,6-7,9-11H2,1H3. The zero-order valence-corrected chi connectivity index (χ0v) is 11.3. The van der Waals surface area contributed by atoms with Gasteiger partial charge in [-0.05, 0) is 31.9 Å². The number of nitrogens with zero attached hydrogens (tertiary/aromatic N) is 1. The van der Waals surface area contributed by atoms with Gasteiger partial charge in [-0.3, -0.25) is 4.90 Å². The molecule has 1 N–H and O–H groups in total. The van der Waals surface area contributed by atoms with Crippen molar-refractivity contribution in [2.75, 3.05) is 19.7 Å². The van der Waals surface area contributed by atoms with E-state index in [1.54, 1.807) is 0 Å². The summed E-state index contributed by atoms with van der Waals surface area (Å²) in [4.78, 5) is 13.9. The summed E-state index contributed by atoms with van der Waals surface area (Å²) in [5.41, 5.74) is 2.25. The lowest BCUT2D eigenvalue weighted by Crippen LogP contribution is -2.56. The average Bonchev–Trinajstić information content (AvgIpc) is 2.69. The van der Waals surface area contributed by atoms with E-state index in [-0.39, 0.29) is 11.6 Å². The lowest BCUT2D eigenvalue weighted by molar-refractivity contribution is 0.124. The van der Waals surface area contributed by atoms with Crippen molar-refractivity contribution in [2.24, 2.45) is 0 Å². The van der Waals surface area contributed by atoms with Crippen LogP contribution in [0.4, 0.5) is 4.79 Å². The highest BCUT2D eigenvalue weighted by molar-refractivity contribution is 5.71. The van der Waals surface area contributed by atoms with Crippen LogP contribution in [-0.2, 0) is 11.3 Å². The quantitative estimate of drug-likeness (QED) is 0.885. The third kappa shape index (κ3) is 2.32. The van der Waals surface area contributed by atoms with E-state index in [1.165, 1.54) is 11.1 Å². The van der Waals surface area contributed by atoms with E-state index in [2.05, 4.69) is 30.4 Å². The monoisotopic (exact) mass is 260 g/mol. The predicted molar refractivity (Wildman–Crippen MR) is 72.9 cm³/mol. The van der Waals surface area contributed by atoms with E-state index in [4.69, 9.17) is 4.74 Å². The Morgan fingerprint density at radius 2 is 2.37 bits per heavy atom. The van der Waals surface area contributed by atoms with Gasteiger partial charge in [0.2, 0.25) is 0 Å². The van der Waals surface area contributed by atoms with Gasteiger partial charge in [0.1, 0.15) is 6.61 Å². The molecule has 102 valence electrons. The Hall–Kier alpha value is -1.55. The van der Waals surface area contributed by atoms with Crippen LogP contribution in [0, 0.1) is 6.92 Å². The minimum absolute atomic E-state index is 0.140. The number of nitrogens with one attached hydrogen (secondary N) is 1. The minimum Gasteiger partial charge on any atom is -0.447 e. The van der Waals surface area contributed by atoms with Gasteiger partial charge in [-0.1, -0.05) is 29.8 Å². The second-order valence-corrected chi connectivity index (χ2v) is 5.63. The minimum atomic E-state index is -0.176. The summed E-state index contributed by atoms with van der Waals surface area (Å²) in [6.45, 7) is 5.11. The van der Waals surface area contributed by atoms with E-state index in [0.29, 0.717) is 13.2 Å². The highest BCUT2D eigenvalue weighted by Gasteiger charge is 2.47. The molecule has 0 saturated carbocycles. The van der Waals surface area contributed by atoms with E-state index < -0.39 is 0 Å². The second-order valence-electron chi connectivity index (χ2n) is 5.63. The molecule has 0 aliphatic carbocycles. The van der Waals surface area contributed by atoms with E-state index in [1.807, 2.05) is 11.0 Å². The van der Waals surface area contributed by atoms with Gasteiger partial charge >= 0.3 is 6.09 Å². The van der Waals surface area contributed by atoms with Crippen LogP contribution in [-0.4, -0.2) is 36.2 Å². The number of amides is 1. The highest BCUT2D eigenvalue weighted by Crippen LogP contribution is 2.32. The molecule has 2 aliphatic heterocycles. The molecule has 1 aromatic carbocycles. The summed E-state index contributed by atoms with van der Waals surface area (Å²) < 4.78 is 5.31. The predicted octanol–water partition coefficient (Wildman–Crippen LogP) is 2.07. The van der Waals surface area contributed by atoms with E-state index in [0.717, 1.165) is 25.9 Å². The first-order valence-electron chi connectivity index (χ1n) is 6.90. The lowest BCUT2D eigenvalue weighted by Gasteiger charge is -2.38. The first-order valence-corrected chi connectivity index (χ1v) is 6.90. The fourth-order valence-corrected chi connectivity index (χ4v) is 3.08. The van der Waals surface area contributed by atoms with Crippen LogP contribution in [0.2, 0.25) is 0 Å². The van der Waals surface area contributed by atoms with E-state index >= 15 is 0 Å². The van der Waals surface area contributed by atoms with Gasteiger partial charge in [-0.2, -0.15) is 0 Å². The fourth-order valence-electron chi connectivity index (χ4n) is 3.08. The Kier molecular flexibility index (Phi) is 3.19. The van der Waals surface area contributed by atoms with Crippen molar-refractivity contribution in [1.82, 2.24) is 10.2 Å². The normalized spacial score (nSPS) is 26.8. The number of ether oxygens (including phenoxy) is 1. The van der Waals surface area contributed by atoms with Crippen LogP contribution >= 0.6 is 0 Å². The molecule has 19 heavy (non-hydrogen) atoms. The number of cyclic esters (lactones) is 1. The van der Waals surface area contributed by atoms with Crippen LogP contribution < -0.4 is 5.32 Å². The third-order valence-corrected chi connectivity index (χ3v) is 4.13. The molecule has 2 heterocycles. The Bertz CT molecular complexity index is 481. The SMILES string of the molecule is Cc1cccc(CN2C(=O)OCC23CCCNC3)c1. The second kappa shape index (κ2) is 4.85. The molecule has 0 radical (unpaired) electrons. The fraction of sp³-hybridized carbons (Fsp3) is 0.533. The molecule has 2 saturated heterocycles. The Morgan fingerprint density at radius 3 is 3.11 bits per heavy atom. The number of hydrogen-bond donors (Lipinski definition) is 1. The number of rotatable bonds is 2. The molecule has 3 rings (SSSR count). The molecule has 1 unspecified atom stereocenters. The van der Waals surface area contributed by atoms with Crippen LogP contribution in [0.15, 0.2) is 24.3 Å². The summed E-state index contributed by atoms with van der Waals surface area (Å²) >= 11 is 0. The summed E-state index contributed by atoms with van der Waals surface area (Å²) in [5.74, 6) is 0. The number of hydrogen-bond acceptors (Lipinski definition) is 3. The molecule has 2 fully saturated rings. The van der Waals surface area contributed by atoms with Crippen molar-refractivity contribution in [3.05, 3.63) is 35.4 Å². The number of benzene rings is 1. The van der Waals surface area contributed by atoms with Crippen LogP contribution in [0.1, 0.15) is 24.0 Å². The highest BCUT2D eigenvalue weighted by atomic mass is 16.6. The van der Waals surface area contributed by atoms with Gasteiger partial charge in [0.25, 0.3) is 0 Å². The zero-order valence-electron chi connectivity index (χ0n) is 11.3. The largest absolute Gasteiger partial charge is 0.447 e. The Morgan fingerprint density at radius 1 is 1.47 bits per heavy atom. The molecule has 0 bridgehead atoms. The maximum absolute atomic E-state index is 12.0. The van der Waals surface area contributed by atoms with Crippen molar-refractivity contribution in [1.29, 1.82) is 0 Å². The number of carbonyl (C=O) groups excluding carboxylic acids is 1. The van der Waals surface area contributed by atoms with Gasteiger partial charge in [-0.15, -0.1) is 0 Å². The Labute approximate surface area is 113 Å². The third-order valence-electron chi connectivity index (χ3n) is 4.13. The molecule has 1 spiro atoms. The number of carbonyl (C=O) groups is 1. The maximum atomic E-state index is 12.0. The molecule has 1 amide bonds. The number of piperidine rings is 1. The van der Waals surface area contributed by atoms with E-state index in [9.17, 15) is 4.79 Å². The average molecular weight is 260 g/mol. The maximum Gasteiger partial charge on any atom is 0.410 e. The molecular weight excluding hydrogens is 240 g/mol. The van der Waals surface area contributed by atoms with Gasteiger partial charge in [0.05, 0.1) is 5.54 Å². The summed E-state index contributed by atoms with van der Waals surface area (Å²) in [6, 6.07) is 8.32. The van der Waals surface area contributed by atoms with Gasteiger partial charge in [0, 0.05) is 13.1 Å². The van der Waals surface area contributed by atoms with Gasteiger partial charge < -0.3 is 10.1 Å². The topological polar surface area (TPSA) is 41.6 Å². The van der Waals surface area contributed by atoms with Crippen molar-refractivity contribution in [3.8, 4) is 0 Å². The molecule has 1 atom stereocenters. The van der Waals surface area contributed by atoms with Crippen molar-refractivity contribution in [3.63, 3.8) is 0 Å². The number of aryl methyl sites for hydroxylation is 1. The Balaban J connectivity index is 1.82. The first-order chi connectivity index (χ1) is 9.20. The van der Waals surface area contributed by atoms with Crippen molar-refractivity contribution < 1.29 is 9.53 Å². The van der Waals surface area contributed by atoms with Crippen LogP contribution in [0.5, 0.6) is 0 Å². The van der Waals surface area contributed by atoms with Crippen LogP contribution in [0.3, 0.4) is 0 Å². The first kappa shape index (κ1) is 12.5. The molecular formula is C15H20N2O2. The van der Waals surface area contributed by atoms with Crippen LogP contribution in [0.25, 0.3) is 0 Å². The molecule has 4 heteroatoms. The summed E-state index contributed by atoms with van der Waals surface area (Å²) in [5, 5.41) is 3.39. The summed E-state index contributed by atoms with van der Waals surface area (Å²) in [6.07, 6.45) is 1.95. The van der Waals surface area contributed by atoms with Crippen molar-refractivity contribution >= 4 is 6.09 Å². The summed E-state index contributed by atoms with van der Waals surface area (Å²) in [7, 11) is 0. The molecule has 2 aliphatic rings. The lowest BCUT2D eigenvalue weighted by atomic mass is 9.89.